The minimum atomic E-state index is 0.0603. The second kappa shape index (κ2) is 2.73. The Morgan fingerprint density at radius 3 is 2.64 bits per heavy atom. The van der Waals surface area contributed by atoms with Crippen molar-refractivity contribution in [3.63, 3.8) is 0 Å². The molecule has 0 bridgehead atoms. The second-order valence-corrected chi connectivity index (χ2v) is 5.79. The number of hydrogen-bond donors (Lipinski definition) is 0. The van der Waals surface area contributed by atoms with Crippen molar-refractivity contribution in [3.8, 4) is 0 Å². The van der Waals surface area contributed by atoms with Crippen LogP contribution in [0.5, 0.6) is 0 Å². The summed E-state index contributed by atoms with van der Waals surface area (Å²) in [6.07, 6.45) is 0. The molecule has 0 saturated carbocycles. The molecule has 0 unspecified atom stereocenters. The zero-order valence-corrected chi connectivity index (χ0v) is 8.80. The average Bonchev–Trinajstić information content (AvgIpc) is 2.31. The van der Waals surface area contributed by atoms with Crippen molar-refractivity contribution < 1.29 is 4.74 Å². The highest BCUT2D eigenvalue weighted by molar-refractivity contribution is 9.09. The summed E-state index contributed by atoms with van der Waals surface area (Å²) in [6.45, 7) is 1.51. The summed E-state index contributed by atoms with van der Waals surface area (Å²) >= 11 is 11.0. The van der Waals surface area contributed by atoms with Crippen molar-refractivity contribution in [2.45, 2.75) is 4.32 Å². The minimum Gasteiger partial charge on any atom is -0.378 e. The van der Waals surface area contributed by atoms with Gasteiger partial charge >= 0.3 is 0 Å². The van der Waals surface area contributed by atoms with Gasteiger partial charge in [0.1, 0.15) is 4.32 Å². The van der Waals surface area contributed by atoms with E-state index in [-0.39, 0.29) is 4.32 Å². The lowest BCUT2D eigenvalue weighted by atomic mass is 10.1. The first kappa shape index (κ1) is 8.05. The maximum atomic E-state index is 5.80. The fourth-order valence-electron chi connectivity index (χ4n) is 0.979. The van der Waals surface area contributed by atoms with Crippen LogP contribution in [-0.2, 0) is 9.06 Å². The second-order valence-electron chi connectivity index (χ2n) is 2.56. The Balaban J connectivity index is 2.28. The van der Waals surface area contributed by atoms with E-state index in [1.54, 1.807) is 11.3 Å². The first-order valence-electron chi connectivity index (χ1n) is 3.23. The molecule has 0 N–H and O–H groups in total. The van der Waals surface area contributed by atoms with E-state index in [4.69, 9.17) is 16.3 Å². The summed E-state index contributed by atoms with van der Waals surface area (Å²) < 4.78 is 6.02. The lowest BCUT2D eigenvalue weighted by Gasteiger charge is -2.34. The van der Waals surface area contributed by atoms with Crippen LogP contribution in [0, 0.1) is 0 Å². The molecule has 1 aliphatic rings. The molecular formula is C7H6BrClOS. The van der Waals surface area contributed by atoms with Gasteiger partial charge in [0.05, 0.1) is 17.6 Å². The zero-order chi connectivity index (χ0) is 7.90. The minimum absolute atomic E-state index is 0.0603. The average molecular weight is 254 g/mol. The fourth-order valence-corrected chi connectivity index (χ4v) is 2.77. The number of hydrogen-bond acceptors (Lipinski definition) is 2. The molecule has 0 aromatic carbocycles. The Morgan fingerprint density at radius 2 is 2.27 bits per heavy atom. The van der Waals surface area contributed by atoms with E-state index in [1.165, 1.54) is 4.88 Å². The lowest BCUT2D eigenvalue weighted by molar-refractivity contribution is -0.00541. The standard InChI is InChI=1S/C7H6BrClOS/c8-7(3-10-4-7)5-1-2-6(9)11-5/h1-2H,3-4H2. The van der Waals surface area contributed by atoms with Gasteiger partial charge in [-0.2, -0.15) is 0 Å². The third kappa shape index (κ3) is 1.35. The lowest BCUT2D eigenvalue weighted by Crippen LogP contribution is -2.40. The number of ether oxygens (including phenoxy) is 1. The monoisotopic (exact) mass is 252 g/mol. The number of rotatable bonds is 1. The molecule has 1 nitrogen and oxygen atoms in total. The maximum Gasteiger partial charge on any atom is 0.106 e. The summed E-state index contributed by atoms with van der Waals surface area (Å²) in [5.41, 5.74) is 0. The van der Waals surface area contributed by atoms with Crippen molar-refractivity contribution >= 4 is 38.9 Å². The molecule has 1 aliphatic heterocycles. The molecule has 2 heterocycles. The van der Waals surface area contributed by atoms with E-state index < -0.39 is 0 Å². The third-order valence-corrected chi connectivity index (χ3v) is 4.26. The van der Waals surface area contributed by atoms with Crippen LogP contribution in [0.3, 0.4) is 0 Å². The molecule has 4 heteroatoms. The normalized spacial score (nSPS) is 21.3. The van der Waals surface area contributed by atoms with Crippen LogP contribution in [0.25, 0.3) is 0 Å². The molecule has 0 radical (unpaired) electrons. The van der Waals surface area contributed by atoms with E-state index in [2.05, 4.69) is 15.9 Å². The molecule has 1 aromatic rings. The molecule has 11 heavy (non-hydrogen) atoms. The van der Waals surface area contributed by atoms with Crippen LogP contribution < -0.4 is 0 Å². The van der Waals surface area contributed by atoms with Gasteiger partial charge in [0.2, 0.25) is 0 Å². The van der Waals surface area contributed by atoms with Crippen LogP contribution in [0.15, 0.2) is 12.1 Å². The van der Waals surface area contributed by atoms with Crippen molar-refractivity contribution in [2.24, 2.45) is 0 Å². The van der Waals surface area contributed by atoms with Crippen LogP contribution in [0.2, 0.25) is 4.34 Å². The summed E-state index contributed by atoms with van der Waals surface area (Å²) in [5.74, 6) is 0. The molecule has 0 atom stereocenters. The zero-order valence-electron chi connectivity index (χ0n) is 5.64. The Morgan fingerprint density at radius 1 is 1.55 bits per heavy atom. The first-order chi connectivity index (χ1) is 5.21. The van der Waals surface area contributed by atoms with Crippen molar-refractivity contribution in [3.05, 3.63) is 21.3 Å². The summed E-state index contributed by atoms with van der Waals surface area (Å²) in [6, 6.07) is 3.97. The number of alkyl halides is 1. The predicted octanol–water partition coefficient (Wildman–Crippen LogP) is 3.02. The van der Waals surface area contributed by atoms with E-state index in [9.17, 15) is 0 Å². The molecule has 60 valence electrons. The van der Waals surface area contributed by atoms with Gasteiger partial charge in [0.15, 0.2) is 0 Å². The van der Waals surface area contributed by atoms with E-state index >= 15 is 0 Å². The highest BCUT2D eigenvalue weighted by Gasteiger charge is 2.38. The molecular weight excluding hydrogens is 247 g/mol. The van der Waals surface area contributed by atoms with Crippen molar-refractivity contribution in [1.82, 2.24) is 0 Å². The highest BCUT2D eigenvalue weighted by atomic mass is 79.9. The quantitative estimate of drug-likeness (QED) is 0.699. The van der Waals surface area contributed by atoms with Gasteiger partial charge in [0.25, 0.3) is 0 Å². The smallest absolute Gasteiger partial charge is 0.106 e. The molecule has 0 spiro atoms. The predicted molar refractivity (Wildman–Crippen MR) is 50.8 cm³/mol. The van der Waals surface area contributed by atoms with Crippen LogP contribution in [0.4, 0.5) is 0 Å². The number of halogens is 2. The van der Waals surface area contributed by atoms with Crippen LogP contribution in [0.1, 0.15) is 4.88 Å². The Labute approximate surface area is 82.4 Å². The van der Waals surface area contributed by atoms with Crippen molar-refractivity contribution in [2.75, 3.05) is 13.2 Å². The fraction of sp³-hybridized carbons (Fsp3) is 0.429. The molecule has 2 rings (SSSR count). The van der Waals surface area contributed by atoms with Gasteiger partial charge in [-0.25, -0.2) is 0 Å². The van der Waals surface area contributed by atoms with Crippen LogP contribution in [-0.4, -0.2) is 13.2 Å². The van der Waals surface area contributed by atoms with Gasteiger partial charge < -0.3 is 4.74 Å². The molecule has 0 amide bonds. The van der Waals surface area contributed by atoms with Crippen molar-refractivity contribution in [1.29, 1.82) is 0 Å². The molecule has 1 saturated heterocycles. The largest absolute Gasteiger partial charge is 0.378 e. The summed E-state index contributed by atoms with van der Waals surface area (Å²) in [5, 5.41) is 0. The number of thiophene rings is 1. The van der Waals surface area contributed by atoms with Gasteiger partial charge in [-0.15, -0.1) is 11.3 Å². The van der Waals surface area contributed by atoms with Gasteiger partial charge in [-0.3, -0.25) is 0 Å². The Hall–Kier alpha value is 0.430. The van der Waals surface area contributed by atoms with Gasteiger partial charge in [-0.1, -0.05) is 27.5 Å². The molecule has 0 aliphatic carbocycles. The molecule has 1 aromatic heterocycles. The first-order valence-corrected chi connectivity index (χ1v) is 5.22. The molecule has 1 fully saturated rings. The van der Waals surface area contributed by atoms with E-state index in [1.807, 2.05) is 12.1 Å². The van der Waals surface area contributed by atoms with Gasteiger partial charge in [-0.05, 0) is 12.1 Å². The third-order valence-electron chi connectivity index (χ3n) is 1.68. The summed E-state index contributed by atoms with van der Waals surface area (Å²) in [7, 11) is 0. The Kier molecular flexibility index (Phi) is 2.00. The van der Waals surface area contributed by atoms with Gasteiger partial charge in [0, 0.05) is 4.88 Å². The maximum absolute atomic E-state index is 5.80. The van der Waals surface area contributed by atoms with Crippen LogP contribution >= 0.6 is 38.9 Å². The topological polar surface area (TPSA) is 9.23 Å². The summed E-state index contributed by atoms with van der Waals surface area (Å²) in [4.78, 5) is 1.26. The van der Waals surface area contributed by atoms with E-state index in [0.29, 0.717) is 0 Å². The SMILES string of the molecule is Clc1ccc(C2(Br)COC2)s1. The van der Waals surface area contributed by atoms with E-state index in [0.717, 1.165) is 17.6 Å². The highest BCUT2D eigenvalue weighted by Crippen LogP contribution is 2.42. The Bertz CT molecular complexity index is 269.